The summed E-state index contributed by atoms with van der Waals surface area (Å²) in [6.45, 7) is 12.7. The predicted molar refractivity (Wildman–Crippen MR) is 112 cm³/mol. The molecule has 2 aromatic rings. The van der Waals surface area contributed by atoms with E-state index in [1.54, 1.807) is 0 Å². The van der Waals surface area contributed by atoms with E-state index in [0.29, 0.717) is 0 Å². The largest absolute Gasteiger partial charge is 0.289 e. The van der Waals surface area contributed by atoms with Crippen LogP contribution in [0.15, 0.2) is 71.3 Å². The van der Waals surface area contributed by atoms with E-state index in [1.165, 1.54) is 16.3 Å². The highest BCUT2D eigenvalue weighted by Gasteiger charge is 2.33. The average Bonchev–Trinajstić information content (AvgIpc) is 2.54. The number of Topliss-reactive ketones (excluding diaryl/α,β-unsaturated/α-hetero) is 1. The van der Waals surface area contributed by atoms with Crippen LogP contribution in [0.25, 0.3) is 16.8 Å². The minimum Gasteiger partial charge on any atom is -0.289 e. The van der Waals surface area contributed by atoms with Crippen LogP contribution in [-0.4, -0.2) is 5.78 Å². The second kappa shape index (κ2) is 6.39. The van der Waals surface area contributed by atoms with Crippen LogP contribution in [0.2, 0.25) is 0 Å². The maximum absolute atomic E-state index is 13.1. The fourth-order valence-electron chi connectivity index (χ4n) is 3.40. The summed E-state index contributed by atoms with van der Waals surface area (Å²) < 4.78 is 0. The number of allylic oxidation sites excluding steroid dienone is 5. The molecule has 0 aliphatic heterocycles. The van der Waals surface area contributed by atoms with Gasteiger partial charge in [0.25, 0.3) is 0 Å². The van der Waals surface area contributed by atoms with Gasteiger partial charge in [0.15, 0.2) is 5.78 Å². The molecule has 0 atom stereocenters. The molecule has 1 aliphatic carbocycles. The molecule has 0 fully saturated rings. The molecule has 0 saturated heterocycles. The van der Waals surface area contributed by atoms with Crippen LogP contribution >= 0.6 is 0 Å². The third-order valence-corrected chi connectivity index (χ3v) is 4.87. The molecule has 1 nitrogen and oxygen atoms in total. The van der Waals surface area contributed by atoms with Crippen molar-refractivity contribution in [3.05, 3.63) is 76.9 Å². The van der Waals surface area contributed by atoms with Crippen molar-refractivity contribution in [1.82, 2.24) is 0 Å². The van der Waals surface area contributed by atoms with Crippen molar-refractivity contribution < 1.29 is 4.79 Å². The molecule has 0 N–H and O–H groups in total. The van der Waals surface area contributed by atoms with Crippen molar-refractivity contribution in [1.29, 1.82) is 0 Å². The van der Waals surface area contributed by atoms with Gasteiger partial charge in [0, 0.05) is 11.1 Å². The second-order valence-corrected chi connectivity index (χ2v) is 9.16. The summed E-state index contributed by atoms with van der Waals surface area (Å²) in [7, 11) is 0. The normalized spacial score (nSPS) is 15.8. The number of benzene rings is 2. The maximum Gasteiger partial charge on any atom is 0.186 e. The predicted octanol–water partition coefficient (Wildman–Crippen LogP) is 6.75. The van der Waals surface area contributed by atoms with Crippen LogP contribution in [0.1, 0.15) is 47.1 Å². The maximum atomic E-state index is 13.1. The van der Waals surface area contributed by atoms with Gasteiger partial charge in [-0.05, 0) is 51.0 Å². The quantitative estimate of drug-likeness (QED) is 0.559. The zero-order valence-electron chi connectivity index (χ0n) is 16.7. The van der Waals surface area contributed by atoms with Gasteiger partial charge in [-0.3, -0.25) is 4.79 Å². The van der Waals surface area contributed by atoms with Gasteiger partial charge in [0.2, 0.25) is 0 Å². The van der Waals surface area contributed by atoms with Crippen molar-refractivity contribution in [2.24, 2.45) is 10.8 Å². The van der Waals surface area contributed by atoms with E-state index in [0.717, 1.165) is 16.7 Å². The van der Waals surface area contributed by atoms with Gasteiger partial charge in [-0.1, -0.05) is 84.0 Å². The van der Waals surface area contributed by atoms with Gasteiger partial charge in [0.1, 0.15) is 0 Å². The third-order valence-electron chi connectivity index (χ3n) is 4.87. The summed E-state index contributed by atoms with van der Waals surface area (Å²) in [6, 6.07) is 14.8. The summed E-state index contributed by atoms with van der Waals surface area (Å²) in [6.07, 6.45) is 6.34. The topological polar surface area (TPSA) is 17.1 Å². The lowest BCUT2D eigenvalue weighted by atomic mass is 9.72. The van der Waals surface area contributed by atoms with Gasteiger partial charge in [-0.15, -0.1) is 0 Å². The molecular formula is C25H28O. The van der Waals surface area contributed by atoms with Crippen LogP contribution in [0.4, 0.5) is 0 Å². The lowest BCUT2D eigenvalue weighted by Crippen LogP contribution is -2.27. The highest BCUT2D eigenvalue weighted by molar-refractivity contribution is 6.12. The Kier molecular flexibility index (Phi) is 4.52. The summed E-state index contributed by atoms with van der Waals surface area (Å²) in [5.41, 5.74) is 3.68. The molecule has 1 heteroatoms. The van der Waals surface area contributed by atoms with E-state index < -0.39 is 0 Å². The van der Waals surface area contributed by atoms with Crippen LogP contribution in [-0.2, 0) is 4.79 Å². The summed E-state index contributed by atoms with van der Waals surface area (Å²) in [5.74, 6) is 0.181. The number of hydrogen-bond donors (Lipinski definition) is 0. The molecule has 0 unspecified atom stereocenters. The highest BCUT2D eigenvalue weighted by Crippen LogP contribution is 2.39. The molecule has 0 radical (unpaired) electrons. The number of fused-ring (bicyclic) bond motifs is 1. The Morgan fingerprint density at radius 1 is 0.731 bits per heavy atom. The summed E-state index contributed by atoms with van der Waals surface area (Å²) >= 11 is 0. The molecule has 134 valence electrons. The van der Waals surface area contributed by atoms with Gasteiger partial charge in [0.05, 0.1) is 0 Å². The number of hydrogen-bond acceptors (Lipinski definition) is 1. The van der Waals surface area contributed by atoms with Crippen molar-refractivity contribution >= 4 is 22.6 Å². The Hall–Kier alpha value is -2.41. The Morgan fingerprint density at radius 3 is 1.85 bits per heavy atom. The van der Waals surface area contributed by atoms with E-state index in [9.17, 15) is 4.79 Å². The van der Waals surface area contributed by atoms with E-state index in [4.69, 9.17) is 0 Å². The molecule has 0 spiro atoms. The number of ketones is 1. The first-order valence-electron chi connectivity index (χ1n) is 9.26. The highest BCUT2D eigenvalue weighted by atomic mass is 16.1. The second-order valence-electron chi connectivity index (χ2n) is 9.16. The van der Waals surface area contributed by atoms with Crippen LogP contribution < -0.4 is 0 Å². The Bertz CT molecular complexity index is 912. The van der Waals surface area contributed by atoms with Gasteiger partial charge >= 0.3 is 0 Å². The van der Waals surface area contributed by atoms with Crippen LogP contribution in [0.5, 0.6) is 0 Å². The van der Waals surface area contributed by atoms with Gasteiger partial charge in [-0.2, -0.15) is 0 Å². The molecule has 2 aromatic carbocycles. The van der Waals surface area contributed by atoms with E-state index >= 15 is 0 Å². The van der Waals surface area contributed by atoms with Gasteiger partial charge < -0.3 is 0 Å². The minimum atomic E-state index is -0.181. The van der Waals surface area contributed by atoms with Crippen molar-refractivity contribution in [2.75, 3.05) is 0 Å². The van der Waals surface area contributed by atoms with E-state index in [2.05, 4.69) is 102 Å². The van der Waals surface area contributed by atoms with Crippen molar-refractivity contribution in [2.45, 2.75) is 41.5 Å². The molecule has 0 bridgehead atoms. The summed E-state index contributed by atoms with van der Waals surface area (Å²) in [4.78, 5) is 13.1. The Labute approximate surface area is 157 Å². The molecule has 3 rings (SSSR count). The monoisotopic (exact) mass is 344 g/mol. The first-order valence-corrected chi connectivity index (χ1v) is 9.26. The lowest BCUT2D eigenvalue weighted by molar-refractivity contribution is -0.114. The Balaban J connectivity index is 2.20. The van der Waals surface area contributed by atoms with E-state index in [1.807, 2.05) is 0 Å². The Morgan fingerprint density at radius 2 is 1.27 bits per heavy atom. The smallest absolute Gasteiger partial charge is 0.186 e. The molecule has 0 heterocycles. The number of carbonyl (C=O) groups is 1. The molecule has 1 aliphatic rings. The first kappa shape index (κ1) is 18.4. The van der Waals surface area contributed by atoms with E-state index in [-0.39, 0.29) is 16.6 Å². The molecule has 0 amide bonds. The van der Waals surface area contributed by atoms with Crippen LogP contribution in [0, 0.1) is 10.8 Å². The number of rotatable bonds is 1. The standard InChI is InChI=1S/C25H28O/c1-24(2,3)21-15-17(16-22(23(21)26)25(4,5)6)14-19-12-9-11-18-10-7-8-13-20(18)19/h7-16H,1-6H3. The van der Waals surface area contributed by atoms with Crippen molar-refractivity contribution in [3.63, 3.8) is 0 Å². The summed E-state index contributed by atoms with van der Waals surface area (Å²) in [5, 5.41) is 2.46. The molecule has 26 heavy (non-hydrogen) atoms. The minimum absolute atomic E-state index is 0.181. The van der Waals surface area contributed by atoms with Crippen LogP contribution in [0.3, 0.4) is 0 Å². The SMILES string of the molecule is CC(C)(C)C1=CC(=Cc2cccc3ccccc23)C=C(C(C)(C)C)C1=O. The molecule has 0 saturated carbocycles. The fourth-order valence-corrected chi connectivity index (χ4v) is 3.40. The number of carbonyl (C=O) groups excluding carboxylic acids is 1. The zero-order valence-corrected chi connectivity index (χ0v) is 16.7. The van der Waals surface area contributed by atoms with Gasteiger partial charge in [-0.25, -0.2) is 0 Å². The average molecular weight is 344 g/mol. The first-order chi connectivity index (χ1) is 12.1. The third kappa shape index (κ3) is 3.58. The molecule has 0 aromatic heterocycles. The zero-order chi connectivity index (χ0) is 19.1. The molecular weight excluding hydrogens is 316 g/mol. The lowest BCUT2D eigenvalue weighted by Gasteiger charge is -2.31. The van der Waals surface area contributed by atoms with Crippen molar-refractivity contribution in [3.8, 4) is 0 Å². The fraction of sp³-hybridized carbons (Fsp3) is 0.320.